The number of benzene rings is 3. The molecule has 0 bridgehead atoms. The van der Waals surface area contributed by atoms with Crippen LogP contribution >= 0.6 is 0 Å². The van der Waals surface area contributed by atoms with Gasteiger partial charge in [-0.25, -0.2) is 0 Å². The molecular formula is C24H24N2O2. The lowest BCUT2D eigenvalue weighted by Crippen LogP contribution is -1.93. The molecule has 4 heteroatoms. The number of aromatic nitrogens is 2. The van der Waals surface area contributed by atoms with Crippen molar-refractivity contribution in [3.63, 3.8) is 0 Å². The monoisotopic (exact) mass is 372 g/mol. The number of fused-ring (bicyclic) bond motifs is 1. The Bertz CT molecular complexity index is 1110. The molecule has 0 atom stereocenters. The summed E-state index contributed by atoms with van der Waals surface area (Å²) in [5.41, 5.74) is 5.36. The maximum atomic E-state index is 6.19. The van der Waals surface area contributed by atoms with Crippen LogP contribution in [0.15, 0.2) is 60.7 Å². The highest BCUT2D eigenvalue weighted by molar-refractivity contribution is 5.93. The number of methoxy groups -OCH3 is 1. The van der Waals surface area contributed by atoms with Gasteiger partial charge in [-0.15, -0.1) is 0 Å². The SMILES string of the molecule is CCCc1cc(-c2n[nH]c3cc(OC)ccc23)ccc1Oc1cccc(C)c1. The predicted octanol–water partition coefficient (Wildman–Crippen LogP) is 6.29. The van der Waals surface area contributed by atoms with Gasteiger partial charge in [-0.05, 0) is 66.9 Å². The molecule has 1 heterocycles. The lowest BCUT2D eigenvalue weighted by Gasteiger charge is -2.13. The van der Waals surface area contributed by atoms with Crippen LogP contribution in [0.2, 0.25) is 0 Å². The topological polar surface area (TPSA) is 47.1 Å². The van der Waals surface area contributed by atoms with Gasteiger partial charge in [0.2, 0.25) is 0 Å². The minimum Gasteiger partial charge on any atom is -0.497 e. The molecule has 0 fully saturated rings. The van der Waals surface area contributed by atoms with Crippen LogP contribution in [0.1, 0.15) is 24.5 Å². The van der Waals surface area contributed by atoms with Crippen molar-refractivity contribution in [3.05, 3.63) is 71.8 Å². The Kier molecular flexibility index (Phi) is 5.02. The van der Waals surface area contributed by atoms with Gasteiger partial charge < -0.3 is 9.47 Å². The Balaban J connectivity index is 1.72. The number of rotatable bonds is 6. The van der Waals surface area contributed by atoms with Gasteiger partial charge >= 0.3 is 0 Å². The van der Waals surface area contributed by atoms with Gasteiger partial charge in [0.05, 0.1) is 18.3 Å². The van der Waals surface area contributed by atoms with Gasteiger partial charge in [-0.2, -0.15) is 5.10 Å². The molecule has 0 amide bonds. The average molecular weight is 372 g/mol. The van der Waals surface area contributed by atoms with Crippen LogP contribution in [0, 0.1) is 6.92 Å². The second kappa shape index (κ2) is 7.77. The number of hydrogen-bond donors (Lipinski definition) is 1. The molecule has 3 aromatic carbocycles. The molecule has 0 spiro atoms. The first-order valence-electron chi connectivity index (χ1n) is 9.58. The third kappa shape index (κ3) is 3.58. The number of nitrogens with one attached hydrogen (secondary N) is 1. The first kappa shape index (κ1) is 18.1. The van der Waals surface area contributed by atoms with E-state index >= 15 is 0 Å². The van der Waals surface area contributed by atoms with E-state index in [1.165, 1.54) is 11.1 Å². The maximum Gasteiger partial charge on any atom is 0.130 e. The van der Waals surface area contributed by atoms with E-state index in [-0.39, 0.29) is 0 Å². The van der Waals surface area contributed by atoms with Crippen LogP contribution in [0.4, 0.5) is 0 Å². The van der Waals surface area contributed by atoms with Crippen molar-refractivity contribution < 1.29 is 9.47 Å². The highest BCUT2D eigenvalue weighted by Crippen LogP contribution is 2.34. The number of aryl methyl sites for hydroxylation is 2. The van der Waals surface area contributed by atoms with Crippen LogP contribution < -0.4 is 9.47 Å². The summed E-state index contributed by atoms with van der Waals surface area (Å²) in [4.78, 5) is 0. The van der Waals surface area contributed by atoms with Crippen LogP contribution in [-0.2, 0) is 6.42 Å². The molecule has 1 N–H and O–H groups in total. The third-order valence-corrected chi connectivity index (χ3v) is 4.84. The molecule has 4 rings (SSSR count). The Hall–Kier alpha value is -3.27. The van der Waals surface area contributed by atoms with Gasteiger partial charge in [0, 0.05) is 17.0 Å². The van der Waals surface area contributed by atoms with Crippen molar-refractivity contribution in [2.75, 3.05) is 7.11 Å². The van der Waals surface area contributed by atoms with E-state index in [2.05, 4.69) is 48.3 Å². The Morgan fingerprint density at radius 3 is 2.64 bits per heavy atom. The molecule has 0 saturated heterocycles. The summed E-state index contributed by atoms with van der Waals surface area (Å²) in [7, 11) is 1.67. The molecule has 4 nitrogen and oxygen atoms in total. The Morgan fingerprint density at radius 1 is 0.964 bits per heavy atom. The molecular weight excluding hydrogens is 348 g/mol. The second-order valence-corrected chi connectivity index (χ2v) is 6.97. The van der Waals surface area contributed by atoms with Gasteiger partial charge in [-0.3, -0.25) is 5.10 Å². The fourth-order valence-corrected chi connectivity index (χ4v) is 3.44. The van der Waals surface area contributed by atoms with Gasteiger partial charge in [-0.1, -0.05) is 25.5 Å². The van der Waals surface area contributed by atoms with Gasteiger partial charge in [0.1, 0.15) is 17.2 Å². The first-order valence-corrected chi connectivity index (χ1v) is 9.58. The van der Waals surface area contributed by atoms with E-state index in [0.717, 1.165) is 52.3 Å². The van der Waals surface area contributed by atoms with E-state index in [9.17, 15) is 0 Å². The van der Waals surface area contributed by atoms with Crippen molar-refractivity contribution in [2.45, 2.75) is 26.7 Å². The zero-order valence-corrected chi connectivity index (χ0v) is 16.5. The van der Waals surface area contributed by atoms with Crippen molar-refractivity contribution in [2.24, 2.45) is 0 Å². The van der Waals surface area contributed by atoms with E-state index in [1.807, 2.05) is 36.4 Å². The maximum absolute atomic E-state index is 6.19. The van der Waals surface area contributed by atoms with Crippen LogP contribution in [0.25, 0.3) is 22.2 Å². The van der Waals surface area contributed by atoms with Crippen LogP contribution in [0.5, 0.6) is 17.2 Å². The molecule has 0 aliphatic rings. The van der Waals surface area contributed by atoms with Crippen molar-refractivity contribution in [1.82, 2.24) is 10.2 Å². The lowest BCUT2D eigenvalue weighted by atomic mass is 10.0. The minimum atomic E-state index is 0.816. The van der Waals surface area contributed by atoms with E-state index in [0.29, 0.717) is 0 Å². The highest BCUT2D eigenvalue weighted by Gasteiger charge is 2.13. The summed E-state index contributed by atoms with van der Waals surface area (Å²) < 4.78 is 11.5. The summed E-state index contributed by atoms with van der Waals surface area (Å²) in [6.45, 7) is 4.25. The number of nitrogens with zero attached hydrogens (tertiary/aromatic N) is 1. The zero-order valence-electron chi connectivity index (χ0n) is 16.5. The second-order valence-electron chi connectivity index (χ2n) is 6.97. The zero-order chi connectivity index (χ0) is 19.5. The van der Waals surface area contributed by atoms with E-state index < -0.39 is 0 Å². The number of ether oxygens (including phenoxy) is 2. The molecule has 4 aromatic rings. The third-order valence-electron chi connectivity index (χ3n) is 4.84. The Morgan fingerprint density at radius 2 is 1.86 bits per heavy atom. The summed E-state index contributed by atoms with van der Waals surface area (Å²) in [6, 6.07) is 20.4. The van der Waals surface area contributed by atoms with E-state index in [1.54, 1.807) is 7.11 Å². The van der Waals surface area contributed by atoms with Crippen molar-refractivity contribution in [3.8, 4) is 28.5 Å². The normalized spacial score (nSPS) is 11.0. The van der Waals surface area contributed by atoms with Crippen LogP contribution in [-0.4, -0.2) is 17.3 Å². The molecule has 0 unspecified atom stereocenters. The van der Waals surface area contributed by atoms with Crippen molar-refractivity contribution >= 4 is 10.9 Å². The number of hydrogen-bond acceptors (Lipinski definition) is 3. The predicted molar refractivity (Wildman–Crippen MR) is 113 cm³/mol. The van der Waals surface area contributed by atoms with Crippen molar-refractivity contribution in [1.29, 1.82) is 0 Å². The standard InChI is InChI=1S/C24H24N2O2/c1-4-6-17-14-18(9-12-23(17)28-20-8-5-7-16(2)13-20)24-21-11-10-19(27-3)15-22(21)25-26-24/h5,7-15H,4,6H2,1-3H3,(H,25,26). The lowest BCUT2D eigenvalue weighted by molar-refractivity contribution is 0.415. The number of H-pyrrole nitrogens is 1. The number of aromatic amines is 1. The quantitative estimate of drug-likeness (QED) is 0.432. The molecule has 0 saturated carbocycles. The fraction of sp³-hybridized carbons (Fsp3) is 0.208. The molecule has 0 aliphatic heterocycles. The van der Waals surface area contributed by atoms with Crippen LogP contribution in [0.3, 0.4) is 0 Å². The molecule has 0 radical (unpaired) electrons. The fourth-order valence-electron chi connectivity index (χ4n) is 3.44. The highest BCUT2D eigenvalue weighted by atomic mass is 16.5. The average Bonchev–Trinajstić information content (AvgIpc) is 3.12. The summed E-state index contributed by atoms with van der Waals surface area (Å²) in [5.74, 6) is 2.58. The summed E-state index contributed by atoms with van der Waals surface area (Å²) in [6.07, 6.45) is 2.00. The van der Waals surface area contributed by atoms with Gasteiger partial charge in [0.25, 0.3) is 0 Å². The van der Waals surface area contributed by atoms with E-state index in [4.69, 9.17) is 9.47 Å². The molecule has 142 valence electrons. The molecule has 0 aliphatic carbocycles. The Labute approximate surface area is 165 Å². The largest absolute Gasteiger partial charge is 0.497 e. The summed E-state index contributed by atoms with van der Waals surface area (Å²) >= 11 is 0. The first-order chi connectivity index (χ1) is 13.7. The summed E-state index contributed by atoms with van der Waals surface area (Å²) in [5, 5.41) is 8.74. The minimum absolute atomic E-state index is 0.816. The molecule has 28 heavy (non-hydrogen) atoms. The molecule has 1 aromatic heterocycles. The smallest absolute Gasteiger partial charge is 0.130 e. The van der Waals surface area contributed by atoms with Gasteiger partial charge in [0.15, 0.2) is 0 Å².